The fourth-order valence-corrected chi connectivity index (χ4v) is 3.71. The van der Waals surface area contributed by atoms with E-state index in [0.29, 0.717) is 18.7 Å². The molecular formula is C12H23N5O2S. The second-order valence-corrected chi connectivity index (χ2v) is 6.90. The molecule has 0 bridgehead atoms. The predicted molar refractivity (Wildman–Crippen MR) is 76.8 cm³/mol. The first-order valence-corrected chi connectivity index (χ1v) is 8.43. The molecule has 1 aliphatic heterocycles. The summed E-state index contributed by atoms with van der Waals surface area (Å²) >= 11 is 0. The maximum atomic E-state index is 12.3. The quantitative estimate of drug-likeness (QED) is 0.654. The van der Waals surface area contributed by atoms with Gasteiger partial charge in [-0.3, -0.25) is 10.00 Å². The number of likely N-dealkylation sites (tertiary alicyclic amines) is 1. The van der Waals surface area contributed by atoms with Crippen molar-refractivity contribution in [1.29, 1.82) is 0 Å². The second-order valence-electron chi connectivity index (χ2n) is 5.20. The summed E-state index contributed by atoms with van der Waals surface area (Å²) in [6.45, 7) is 5.04. The van der Waals surface area contributed by atoms with Crippen molar-refractivity contribution in [3.05, 3.63) is 11.8 Å². The molecule has 1 aromatic rings. The molecule has 1 aliphatic rings. The molecule has 1 fully saturated rings. The minimum absolute atomic E-state index is 0.153. The lowest BCUT2D eigenvalue weighted by Gasteiger charge is -2.23. The molecule has 0 amide bonds. The number of rotatable bonds is 7. The van der Waals surface area contributed by atoms with E-state index in [-0.39, 0.29) is 11.1 Å². The normalized spacial score (nSPS) is 18.5. The Labute approximate surface area is 120 Å². The molecule has 3 N–H and O–H groups in total. The van der Waals surface area contributed by atoms with E-state index in [1.54, 1.807) is 7.05 Å². The fraction of sp³-hybridized carbons (Fsp3) is 0.750. The van der Waals surface area contributed by atoms with Crippen LogP contribution in [0.2, 0.25) is 0 Å². The minimum atomic E-state index is -3.53. The van der Waals surface area contributed by atoms with Gasteiger partial charge < -0.3 is 5.32 Å². The van der Waals surface area contributed by atoms with Crippen LogP contribution < -0.4 is 10.0 Å². The zero-order chi connectivity index (χ0) is 14.6. The lowest BCUT2D eigenvalue weighted by molar-refractivity contribution is 0.260. The van der Waals surface area contributed by atoms with Crippen molar-refractivity contribution in [2.24, 2.45) is 0 Å². The van der Waals surface area contributed by atoms with Crippen LogP contribution in [0.4, 0.5) is 0 Å². The van der Waals surface area contributed by atoms with Crippen LogP contribution in [0.1, 0.15) is 25.3 Å². The van der Waals surface area contributed by atoms with Crippen molar-refractivity contribution in [3.8, 4) is 0 Å². The highest BCUT2D eigenvalue weighted by molar-refractivity contribution is 7.89. The van der Waals surface area contributed by atoms with Gasteiger partial charge in [-0.1, -0.05) is 0 Å². The highest BCUT2D eigenvalue weighted by Gasteiger charge is 2.23. The van der Waals surface area contributed by atoms with Gasteiger partial charge in [-0.2, -0.15) is 5.10 Å². The lowest BCUT2D eigenvalue weighted by atomic mass is 10.3. The average molecular weight is 301 g/mol. The smallest absolute Gasteiger partial charge is 0.257 e. The van der Waals surface area contributed by atoms with Gasteiger partial charge in [-0.05, 0) is 39.9 Å². The van der Waals surface area contributed by atoms with E-state index in [4.69, 9.17) is 0 Å². The molecule has 8 heteroatoms. The number of nitrogens with zero attached hydrogens (tertiary/aromatic N) is 2. The molecule has 0 aliphatic carbocycles. The van der Waals surface area contributed by atoms with Crippen LogP contribution >= 0.6 is 0 Å². The molecule has 1 aromatic heterocycles. The Morgan fingerprint density at radius 3 is 2.80 bits per heavy atom. The van der Waals surface area contributed by atoms with Crippen LogP contribution in [0.15, 0.2) is 11.2 Å². The highest BCUT2D eigenvalue weighted by Crippen LogP contribution is 2.13. The van der Waals surface area contributed by atoms with E-state index in [1.807, 2.05) is 0 Å². The predicted octanol–water partition coefficient (Wildman–Crippen LogP) is -0.108. The maximum absolute atomic E-state index is 12.3. The molecule has 2 heterocycles. The van der Waals surface area contributed by atoms with Crippen LogP contribution in [0.3, 0.4) is 0 Å². The molecule has 1 unspecified atom stereocenters. The van der Waals surface area contributed by atoms with Gasteiger partial charge in [-0.15, -0.1) is 0 Å². The molecule has 114 valence electrons. The summed E-state index contributed by atoms with van der Waals surface area (Å²) < 4.78 is 27.2. The van der Waals surface area contributed by atoms with Gasteiger partial charge in [0.15, 0.2) is 5.03 Å². The number of hydrogen-bond donors (Lipinski definition) is 3. The number of sulfonamides is 1. The van der Waals surface area contributed by atoms with Gasteiger partial charge in [0, 0.05) is 24.7 Å². The maximum Gasteiger partial charge on any atom is 0.257 e. The molecule has 1 atom stereocenters. The van der Waals surface area contributed by atoms with Crippen molar-refractivity contribution in [2.75, 3.05) is 26.7 Å². The first-order valence-electron chi connectivity index (χ1n) is 6.95. The van der Waals surface area contributed by atoms with Crippen molar-refractivity contribution in [1.82, 2.24) is 25.1 Å². The number of hydrogen-bond acceptors (Lipinski definition) is 5. The van der Waals surface area contributed by atoms with E-state index in [2.05, 4.69) is 32.1 Å². The Morgan fingerprint density at radius 2 is 2.15 bits per heavy atom. The number of aromatic nitrogens is 2. The van der Waals surface area contributed by atoms with E-state index >= 15 is 0 Å². The van der Waals surface area contributed by atoms with Gasteiger partial charge in [-0.25, -0.2) is 13.1 Å². The highest BCUT2D eigenvalue weighted by atomic mass is 32.2. The van der Waals surface area contributed by atoms with Crippen molar-refractivity contribution < 1.29 is 8.42 Å². The molecule has 1 saturated heterocycles. The zero-order valence-corrected chi connectivity index (χ0v) is 12.8. The molecule has 0 spiro atoms. The summed E-state index contributed by atoms with van der Waals surface area (Å²) in [4.78, 5) is 2.31. The van der Waals surface area contributed by atoms with Gasteiger partial charge in [0.25, 0.3) is 10.0 Å². The number of nitrogens with one attached hydrogen (secondary N) is 3. The summed E-state index contributed by atoms with van der Waals surface area (Å²) in [6.07, 6.45) is 3.93. The minimum Gasteiger partial charge on any atom is -0.316 e. The third-order valence-electron chi connectivity index (χ3n) is 3.65. The van der Waals surface area contributed by atoms with Crippen molar-refractivity contribution in [3.63, 3.8) is 0 Å². The number of aromatic amines is 1. The van der Waals surface area contributed by atoms with E-state index in [1.165, 1.54) is 19.0 Å². The summed E-state index contributed by atoms with van der Waals surface area (Å²) in [5.41, 5.74) is 0.647. The van der Waals surface area contributed by atoms with Gasteiger partial charge in [0.2, 0.25) is 0 Å². The SMILES string of the molecule is CNCc1cn[nH]c1S(=O)(=O)NCC(C)N1CCCC1. The van der Waals surface area contributed by atoms with Crippen LogP contribution in [-0.4, -0.2) is 56.2 Å². The van der Waals surface area contributed by atoms with Crippen LogP contribution in [-0.2, 0) is 16.6 Å². The topological polar surface area (TPSA) is 90.1 Å². The van der Waals surface area contributed by atoms with E-state index < -0.39 is 10.0 Å². The zero-order valence-electron chi connectivity index (χ0n) is 12.0. The number of H-pyrrole nitrogens is 1. The molecule has 20 heavy (non-hydrogen) atoms. The Kier molecular flexibility index (Phi) is 5.14. The summed E-state index contributed by atoms with van der Waals surface area (Å²) in [5.74, 6) is 0. The van der Waals surface area contributed by atoms with Crippen LogP contribution in [0.25, 0.3) is 0 Å². The average Bonchev–Trinajstić information content (AvgIpc) is 3.07. The first kappa shape index (κ1) is 15.4. The Balaban J connectivity index is 1.98. The molecule has 0 radical (unpaired) electrons. The fourth-order valence-electron chi connectivity index (χ4n) is 2.46. The molecule has 0 saturated carbocycles. The molecule has 7 nitrogen and oxygen atoms in total. The standard InChI is InChI=1S/C12H23N5O2S/c1-10(17-5-3-4-6-17)7-15-20(18,19)12-11(8-13-2)9-14-16-12/h9-10,13,15H,3-8H2,1-2H3,(H,14,16). The van der Waals surface area contributed by atoms with Gasteiger partial charge in [0.05, 0.1) is 6.20 Å². The van der Waals surface area contributed by atoms with Crippen molar-refractivity contribution >= 4 is 10.0 Å². The van der Waals surface area contributed by atoms with E-state index in [9.17, 15) is 8.42 Å². The van der Waals surface area contributed by atoms with Crippen LogP contribution in [0, 0.1) is 0 Å². The van der Waals surface area contributed by atoms with Crippen molar-refractivity contribution in [2.45, 2.75) is 37.4 Å². The van der Waals surface area contributed by atoms with Gasteiger partial charge in [0.1, 0.15) is 0 Å². The monoisotopic (exact) mass is 301 g/mol. The summed E-state index contributed by atoms with van der Waals surface area (Å²) in [6, 6.07) is 0.211. The lowest BCUT2D eigenvalue weighted by Crippen LogP contribution is -2.40. The largest absolute Gasteiger partial charge is 0.316 e. The Hall–Kier alpha value is -0.960. The summed E-state index contributed by atoms with van der Waals surface area (Å²) in [7, 11) is -1.76. The Morgan fingerprint density at radius 1 is 1.45 bits per heavy atom. The third-order valence-corrected chi connectivity index (χ3v) is 5.08. The Bertz CT molecular complexity index is 522. The summed E-state index contributed by atoms with van der Waals surface area (Å²) in [5, 5.41) is 9.47. The molecule has 0 aromatic carbocycles. The van der Waals surface area contributed by atoms with Gasteiger partial charge >= 0.3 is 0 Å². The third kappa shape index (κ3) is 3.57. The van der Waals surface area contributed by atoms with E-state index in [0.717, 1.165) is 13.1 Å². The molecule has 2 rings (SSSR count). The molecular weight excluding hydrogens is 278 g/mol. The van der Waals surface area contributed by atoms with Crippen LogP contribution in [0.5, 0.6) is 0 Å². The first-order chi connectivity index (χ1) is 9.54. The second kappa shape index (κ2) is 6.66.